The molecule has 2 heteroatoms. The number of hydrogen-bond donors (Lipinski definition) is 0. The first-order valence-electron chi connectivity index (χ1n) is 11.6. The van der Waals surface area contributed by atoms with Gasteiger partial charge >= 0.3 is 0 Å². The Hall–Kier alpha value is -0.763. The number of hydrogen-bond acceptors (Lipinski definition) is 1. The topological polar surface area (TPSA) is 9.23 Å². The van der Waals surface area contributed by atoms with E-state index in [0.29, 0.717) is 0 Å². The minimum atomic E-state index is 0.771. The first-order valence-corrected chi connectivity index (χ1v) is 12.4. The van der Waals surface area contributed by atoms with Crippen molar-refractivity contribution in [3.05, 3.63) is 28.8 Å². The van der Waals surface area contributed by atoms with Gasteiger partial charge < -0.3 is 4.43 Å². The average Bonchev–Trinajstić information content (AvgIpc) is 2.74. The summed E-state index contributed by atoms with van der Waals surface area (Å²) in [7, 11) is 0.815. The SMILES string of the molecule is [SiH3]Oc1ccc(C2CCCCC2)c(C2CCCCC2)c1C1CCCCC1. The molecule has 0 aliphatic heterocycles. The number of benzene rings is 1. The van der Waals surface area contributed by atoms with Crippen LogP contribution >= 0.6 is 0 Å². The average molecular weight is 371 g/mol. The minimum Gasteiger partial charge on any atom is -0.553 e. The van der Waals surface area contributed by atoms with Gasteiger partial charge in [0.15, 0.2) is 0 Å². The molecule has 0 radical (unpaired) electrons. The smallest absolute Gasteiger partial charge is 0.204 e. The molecule has 0 atom stereocenters. The first kappa shape index (κ1) is 18.6. The van der Waals surface area contributed by atoms with E-state index in [1.807, 2.05) is 0 Å². The molecule has 1 aromatic carbocycles. The maximum atomic E-state index is 6.11. The molecule has 0 N–H and O–H groups in total. The number of rotatable bonds is 4. The van der Waals surface area contributed by atoms with Gasteiger partial charge in [-0.05, 0) is 79.0 Å². The van der Waals surface area contributed by atoms with Gasteiger partial charge in [0.25, 0.3) is 0 Å². The monoisotopic (exact) mass is 370 g/mol. The van der Waals surface area contributed by atoms with E-state index in [-0.39, 0.29) is 0 Å². The van der Waals surface area contributed by atoms with E-state index in [9.17, 15) is 0 Å². The molecule has 26 heavy (non-hydrogen) atoms. The van der Waals surface area contributed by atoms with Crippen molar-refractivity contribution in [2.24, 2.45) is 0 Å². The largest absolute Gasteiger partial charge is 0.553 e. The molecular formula is C24H38OSi. The molecule has 0 heterocycles. The molecule has 0 spiro atoms. The molecule has 0 unspecified atom stereocenters. The standard InChI is InChI=1S/C24H38OSi/c26-25-22-17-16-21(18-10-4-1-5-11-18)23(19-12-6-2-7-13-19)24(22)20-14-8-3-9-15-20/h16-20H,1-15H2,26H3. The van der Waals surface area contributed by atoms with Crippen molar-refractivity contribution in [1.82, 2.24) is 0 Å². The summed E-state index contributed by atoms with van der Waals surface area (Å²) in [6.07, 6.45) is 21.4. The molecule has 0 bridgehead atoms. The zero-order chi connectivity index (χ0) is 17.8. The molecule has 0 saturated heterocycles. The van der Waals surface area contributed by atoms with Crippen molar-refractivity contribution in [2.75, 3.05) is 0 Å². The molecule has 3 fully saturated rings. The Balaban J connectivity index is 1.79. The van der Waals surface area contributed by atoms with E-state index in [1.54, 1.807) is 16.7 Å². The Morgan fingerprint density at radius 1 is 0.577 bits per heavy atom. The van der Waals surface area contributed by atoms with E-state index < -0.39 is 0 Å². The Labute approximate surface area is 163 Å². The molecule has 144 valence electrons. The van der Waals surface area contributed by atoms with Crippen molar-refractivity contribution in [3.8, 4) is 5.75 Å². The molecule has 3 saturated carbocycles. The maximum absolute atomic E-state index is 6.11. The van der Waals surface area contributed by atoms with Gasteiger partial charge in [-0.25, -0.2) is 0 Å². The van der Waals surface area contributed by atoms with Crippen LogP contribution in [0.5, 0.6) is 5.75 Å². The van der Waals surface area contributed by atoms with Gasteiger partial charge in [0, 0.05) is 0 Å². The Morgan fingerprint density at radius 3 is 1.54 bits per heavy atom. The second-order valence-electron chi connectivity index (χ2n) is 9.19. The van der Waals surface area contributed by atoms with Crippen molar-refractivity contribution in [3.63, 3.8) is 0 Å². The molecule has 1 nitrogen and oxygen atoms in total. The normalized spacial score (nSPS) is 24.0. The summed E-state index contributed by atoms with van der Waals surface area (Å²) in [5, 5.41) is 0. The summed E-state index contributed by atoms with van der Waals surface area (Å²) >= 11 is 0. The minimum absolute atomic E-state index is 0.771. The summed E-state index contributed by atoms with van der Waals surface area (Å²) in [6, 6.07) is 4.87. The van der Waals surface area contributed by atoms with Crippen LogP contribution in [-0.4, -0.2) is 10.5 Å². The van der Waals surface area contributed by atoms with E-state index in [0.717, 1.165) is 28.2 Å². The molecular weight excluding hydrogens is 332 g/mol. The van der Waals surface area contributed by atoms with Crippen molar-refractivity contribution in [2.45, 2.75) is 114 Å². The lowest BCUT2D eigenvalue weighted by atomic mass is 9.70. The second-order valence-corrected chi connectivity index (χ2v) is 9.60. The quantitative estimate of drug-likeness (QED) is 0.550. The highest BCUT2D eigenvalue weighted by Gasteiger charge is 2.31. The van der Waals surface area contributed by atoms with Crippen molar-refractivity contribution >= 4 is 10.5 Å². The van der Waals surface area contributed by atoms with E-state index in [1.165, 1.54) is 102 Å². The van der Waals surface area contributed by atoms with Gasteiger partial charge in [0.2, 0.25) is 10.5 Å². The van der Waals surface area contributed by atoms with Gasteiger partial charge in [-0.3, -0.25) is 0 Å². The van der Waals surface area contributed by atoms with Crippen LogP contribution in [0.25, 0.3) is 0 Å². The predicted molar refractivity (Wildman–Crippen MR) is 114 cm³/mol. The van der Waals surface area contributed by atoms with Gasteiger partial charge in [-0.2, -0.15) is 0 Å². The Bertz CT molecular complexity index is 578. The van der Waals surface area contributed by atoms with Crippen LogP contribution in [0.2, 0.25) is 0 Å². The van der Waals surface area contributed by atoms with Gasteiger partial charge in [0.05, 0.1) is 0 Å². The summed E-state index contributed by atoms with van der Waals surface area (Å²) in [4.78, 5) is 0. The van der Waals surface area contributed by atoms with E-state index in [2.05, 4.69) is 12.1 Å². The fraction of sp³-hybridized carbons (Fsp3) is 0.750. The molecule has 3 aliphatic rings. The lowest BCUT2D eigenvalue weighted by molar-refractivity contribution is 0.399. The van der Waals surface area contributed by atoms with Gasteiger partial charge in [0.1, 0.15) is 5.75 Å². The lowest BCUT2D eigenvalue weighted by Gasteiger charge is -2.35. The highest BCUT2D eigenvalue weighted by molar-refractivity contribution is 6.00. The first-order chi connectivity index (χ1) is 12.9. The third-order valence-electron chi connectivity index (χ3n) is 7.57. The Morgan fingerprint density at radius 2 is 1.04 bits per heavy atom. The van der Waals surface area contributed by atoms with Crippen LogP contribution < -0.4 is 4.43 Å². The summed E-state index contributed by atoms with van der Waals surface area (Å²) in [5.74, 6) is 3.68. The lowest BCUT2D eigenvalue weighted by Crippen LogP contribution is -2.18. The summed E-state index contributed by atoms with van der Waals surface area (Å²) in [5.41, 5.74) is 5.24. The maximum Gasteiger partial charge on any atom is 0.204 e. The highest BCUT2D eigenvalue weighted by atomic mass is 28.2. The van der Waals surface area contributed by atoms with E-state index in [4.69, 9.17) is 4.43 Å². The molecule has 3 aliphatic carbocycles. The van der Waals surface area contributed by atoms with Crippen LogP contribution in [0.1, 0.15) is 131 Å². The van der Waals surface area contributed by atoms with Gasteiger partial charge in [-0.15, -0.1) is 0 Å². The van der Waals surface area contributed by atoms with Crippen LogP contribution in [0, 0.1) is 0 Å². The fourth-order valence-electron chi connectivity index (χ4n) is 6.24. The molecule has 0 aromatic heterocycles. The Kier molecular flexibility index (Phi) is 6.40. The highest BCUT2D eigenvalue weighted by Crippen LogP contribution is 2.49. The summed E-state index contributed by atoms with van der Waals surface area (Å²) in [6.45, 7) is 0. The summed E-state index contributed by atoms with van der Waals surface area (Å²) < 4.78 is 6.11. The van der Waals surface area contributed by atoms with Crippen LogP contribution in [0.15, 0.2) is 12.1 Å². The molecule has 1 aromatic rings. The van der Waals surface area contributed by atoms with Crippen LogP contribution in [-0.2, 0) is 0 Å². The van der Waals surface area contributed by atoms with E-state index >= 15 is 0 Å². The predicted octanol–water partition coefficient (Wildman–Crippen LogP) is 6.49. The van der Waals surface area contributed by atoms with Crippen molar-refractivity contribution in [1.29, 1.82) is 0 Å². The van der Waals surface area contributed by atoms with Crippen molar-refractivity contribution < 1.29 is 4.43 Å². The zero-order valence-electron chi connectivity index (χ0n) is 16.9. The van der Waals surface area contributed by atoms with Gasteiger partial charge in [-0.1, -0.05) is 63.9 Å². The fourth-order valence-corrected chi connectivity index (χ4v) is 6.60. The molecule has 0 amide bonds. The third-order valence-corrected chi connectivity index (χ3v) is 8.01. The molecule has 4 rings (SSSR count). The second kappa shape index (κ2) is 8.95. The van der Waals surface area contributed by atoms with Crippen LogP contribution in [0.3, 0.4) is 0 Å². The third kappa shape index (κ3) is 3.91. The van der Waals surface area contributed by atoms with Crippen LogP contribution in [0.4, 0.5) is 0 Å². The zero-order valence-corrected chi connectivity index (χ0v) is 18.9.